The molecule has 0 bridgehead atoms. The van der Waals surface area contributed by atoms with Crippen LogP contribution in [0.15, 0.2) is 36.4 Å². The number of halogens is 1. The van der Waals surface area contributed by atoms with Gasteiger partial charge in [0, 0.05) is 0 Å². The smallest absolute Gasteiger partial charge is 0.229 e. The summed E-state index contributed by atoms with van der Waals surface area (Å²) in [7, 11) is 0. The van der Waals surface area contributed by atoms with Crippen LogP contribution in [0.2, 0.25) is 4.34 Å². The summed E-state index contributed by atoms with van der Waals surface area (Å²) in [5, 5.41) is 3.19. The first kappa shape index (κ1) is 12.8. The van der Waals surface area contributed by atoms with E-state index in [9.17, 15) is 9.59 Å². The number of anilines is 1. The van der Waals surface area contributed by atoms with Crippen LogP contribution in [0.25, 0.3) is 0 Å². The first-order valence-corrected chi connectivity index (χ1v) is 6.47. The molecule has 0 atom stereocenters. The number of hydrogen-bond acceptors (Lipinski definition) is 3. The molecule has 0 saturated carbocycles. The van der Waals surface area contributed by atoms with Crippen molar-refractivity contribution in [2.45, 2.75) is 6.42 Å². The van der Waals surface area contributed by atoms with Gasteiger partial charge >= 0.3 is 0 Å². The lowest BCUT2D eigenvalue weighted by atomic mass is 10.1. The highest BCUT2D eigenvalue weighted by Crippen LogP contribution is 2.30. The normalized spacial score (nSPS) is 10.1. The van der Waals surface area contributed by atoms with E-state index in [0.29, 0.717) is 21.2 Å². The summed E-state index contributed by atoms with van der Waals surface area (Å²) in [4.78, 5) is 22.6. The minimum atomic E-state index is -0.164. The molecule has 0 saturated heterocycles. The van der Waals surface area contributed by atoms with Gasteiger partial charge in [0.25, 0.3) is 0 Å². The fraction of sp³-hybridized carbons (Fsp3) is 0.0769. The molecule has 0 aliphatic heterocycles. The summed E-state index contributed by atoms with van der Waals surface area (Å²) < 4.78 is 0.479. The zero-order valence-corrected chi connectivity index (χ0v) is 10.9. The SMILES string of the molecule is O=Cc1cc(Cl)sc1NC(=O)Cc1ccccc1. The van der Waals surface area contributed by atoms with Crippen LogP contribution < -0.4 is 5.32 Å². The van der Waals surface area contributed by atoms with E-state index in [0.717, 1.165) is 5.56 Å². The molecule has 1 aromatic heterocycles. The van der Waals surface area contributed by atoms with Gasteiger partial charge in [-0.05, 0) is 11.6 Å². The molecule has 1 aromatic carbocycles. The fourth-order valence-electron chi connectivity index (χ4n) is 1.51. The van der Waals surface area contributed by atoms with E-state index >= 15 is 0 Å². The summed E-state index contributed by atoms with van der Waals surface area (Å²) in [5.74, 6) is -0.164. The molecule has 18 heavy (non-hydrogen) atoms. The molecule has 3 nitrogen and oxygen atoms in total. The lowest BCUT2D eigenvalue weighted by Crippen LogP contribution is -2.14. The predicted molar refractivity (Wildman–Crippen MR) is 73.5 cm³/mol. The zero-order chi connectivity index (χ0) is 13.0. The minimum absolute atomic E-state index is 0.164. The van der Waals surface area contributed by atoms with E-state index in [2.05, 4.69) is 5.32 Å². The lowest BCUT2D eigenvalue weighted by Gasteiger charge is -2.03. The third-order valence-corrected chi connectivity index (χ3v) is 3.51. The van der Waals surface area contributed by atoms with Crippen molar-refractivity contribution < 1.29 is 9.59 Å². The molecule has 0 aliphatic carbocycles. The van der Waals surface area contributed by atoms with E-state index in [-0.39, 0.29) is 12.3 Å². The Morgan fingerprint density at radius 3 is 2.72 bits per heavy atom. The first-order valence-electron chi connectivity index (χ1n) is 5.27. The van der Waals surface area contributed by atoms with E-state index in [1.807, 2.05) is 30.3 Å². The second kappa shape index (κ2) is 5.80. The molecule has 0 radical (unpaired) electrons. The van der Waals surface area contributed by atoms with Crippen LogP contribution in [0.3, 0.4) is 0 Å². The number of amides is 1. The Morgan fingerprint density at radius 1 is 1.33 bits per heavy atom. The van der Waals surface area contributed by atoms with Crippen LogP contribution in [0, 0.1) is 0 Å². The highest BCUT2D eigenvalue weighted by atomic mass is 35.5. The summed E-state index contributed by atoms with van der Waals surface area (Å²) in [6.07, 6.45) is 0.954. The maximum atomic E-state index is 11.8. The molecule has 0 spiro atoms. The number of rotatable bonds is 4. The number of hydrogen-bond donors (Lipinski definition) is 1. The van der Waals surface area contributed by atoms with Gasteiger partial charge in [0.05, 0.1) is 16.3 Å². The molecular weight excluding hydrogens is 270 g/mol. The van der Waals surface area contributed by atoms with Crippen molar-refractivity contribution in [2.75, 3.05) is 5.32 Å². The van der Waals surface area contributed by atoms with E-state index in [1.54, 1.807) is 0 Å². The molecule has 1 heterocycles. The van der Waals surface area contributed by atoms with Crippen LogP contribution in [0.4, 0.5) is 5.00 Å². The average Bonchev–Trinajstić information content (AvgIpc) is 2.70. The number of aldehydes is 1. The second-order valence-electron chi connectivity index (χ2n) is 3.66. The van der Waals surface area contributed by atoms with Gasteiger partial charge in [-0.25, -0.2) is 0 Å². The largest absolute Gasteiger partial charge is 0.317 e. The van der Waals surface area contributed by atoms with Crippen LogP contribution in [-0.2, 0) is 11.2 Å². The Hall–Kier alpha value is -1.65. The number of thiophene rings is 1. The quantitative estimate of drug-likeness (QED) is 0.872. The molecule has 0 fully saturated rings. The van der Waals surface area contributed by atoms with E-state index < -0.39 is 0 Å². The molecular formula is C13H10ClNO2S. The number of benzene rings is 1. The van der Waals surface area contributed by atoms with Gasteiger partial charge in [0.1, 0.15) is 5.00 Å². The predicted octanol–water partition coefficient (Wildman–Crippen LogP) is 3.40. The topological polar surface area (TPSA) is 46.2 Å². The fourth-order valence-corrected chi connectivity index (χ4v) is 2.63. The van der Waals surface area contributed by atoms with Crippen molar-refractivity contribution in [3.8, 4) is 0 Å². The highest BCUT2D eigenvalue weighted by Gasteiger charge is 2.11. The molecule has 2 aromatic rings. The number of carbonyl (C=O) groups excluding carboxylic acids is 2. The maximum Gasteiger partial charge on any atom is 0.229 e. The standard InChI is InChI=1S/C13H10ClNO2S/c14-11-7-10(8-16)13(18-11)15-12(17)6-9-4-2-1-3-5-9/h1-5,7-8H,6H2,(H,15,17). The Labute approximate surface area is 113 Å². The van der Waals surface area contributed by atoms with Crippen LogP contribution >= 0.6 is 22.9 Å². The molecule has 1 N–H and O–H groups in total. The number of carbonyl (C=O) groups is 2. The molecule has 2 rings (SSSR count). The molecule has 1 amide bonds. The Morgan fingerprint density at radius 2 is 2.06 bits per heavy atom. The monoisotopic (exact) mass is 279 g/mol. The number of nitrogens with one attached hydrogen (secondary N) is 1. The van der Waals surface area contributed by atoms with Crippen molar-refractivity contribution >= 4 is 40.1 Å². The summed E-state index contributed by atoms with van der Waals surface area (Å²) >= 11 is 6.98. The van der Waals surface area contributed by atoms with Gasteiger partial charge in [0.2, 0.25) is 5.91 Å². The molecule has 0 aliphatic rings. The lowest BCUT2D eigenvalue weighted by molar-refractivity contribution is -0.115. The Balaban J connectivity index is 2.05. The average molecular weight is 280 g/mol. The molecule has 0 unspecified atom stereocenters. The zero-order valence-electron chi connectivity index (χ0n) is 9.35. The van der Waals surface area contributed by atoms with Gasteiger partial charge in [-0.1, -0.05) is 41.9 Å². The van der Waals surface area contributed by atoms with Crippen molar-refractivity contribution in [1.29, 1.82) is 0 Å². The molecule has 5 heteroatoms. The Kier molecular flexibility index (Phi) is 4.12. The first-order chi connectivity index (χ1) is 8.69. The summed E-state index contributed by atoms with van der Waals surface area (Å²) in [6.45, 7) is 0. The van der Waals surface area contributed by atoms with Gasteiger partial charge in [-0.15, -0.1) is 11.3 Å². The third kappa shape index (κ3) is 3.18. The molecule has 92 valence electrons. The van der Waals surface area contributed by atoms with E-state index in [4.69, 9.17) is 11.6 Å². The van der Waals surface area contributed by atoms with Crippen molar-refractivity contribution in [3.05, 3.63) is 51.9 Å². The summed E-state index contributed by atoms with van der Waals surface area (Å²) in [6, 6.07) is 10.9. The maximum absolute atomic E-state index is 11.8. The van der Waals surface area contributed by atoms with Gasteiger partial charge in [-0.2, -0.15) is 0 Å². The Bertz CT molecular complexity index is 566. The van der Waals surface area contributed by atoms with Crippen LogP contribution in [-0.4, -0.2) is 12.2 Å². The van der Waals surface area contributed by atoms with Gasteiger partial charge in [0.15, 0.2) is 6.29 Å². The van der Waals surface area contributed by atoms with Gasteiger partial charge in [-0.3, -0.25) is 9.59 Å². The van der Waals surface area contributed by atoms with Crippen molar-refractivity contribution in [3.63, 3.8) is 0 Å². The van der Waals surface area contributed by atoms with Crippen LogP contribution in [0.1, 0.15) is 15.9 Å². The van der Waals surface area contributed by atoms with Crippen molar-refractivity contribution in [1.82, 2.24) is 0 Å². The van der Waals surface area contributed by atoms with Crippen molar-refractivity contribution in [2.24, 2.45) is 0 Å². The highest BCUT2D eigenvalue weighted by molar-refractivity contribution is 7.20. The minimum Gasteiger partial charge on any atom is -0.317 e. The van der Waals surface area contributed by atoms with Crippen LogP contribution in [0.5, 0.6) is 0 Å². The third-order valence-electron chi connectivity index (χ3n) is 2.32. The van der Waals surface area contributed by atoms with E-state index in [1.165, 1.54) is 17.4 Å². The van der Waals surface area contributed by atoms with Gasteiger partial charge < -0.3 is 5.32 Å². The second-order valence-corrected chi connectivity index (χ2v) is 5.35. The summed E-state index contributed by atoms with van der Waals surface area (Å²) in [5.41, 5.74) is 1.33.